The Balaban J connectivity index is 1.47. The smallest absolute Gasteiger partial charge is 0.334 e. The number of unbranched alkanes of at least 4 members (excludes halogenated alkanes) is 1. The fourth-order valence-corrected chi connectivity index (χ4v) is 5.19. The Labute approximate surface area is 213 Å². The van der Waals surface area contributed by atoms with Crippen molar-refractivity contribution >= 4 is 17.8 Å². The Hall–Kier alpha value is -3.39. The number of amides is 4. The van der Waals surface area contributed by atoms with E-state index in [9.17, 15) is 14.4 Å². The molecule has 0 spiro atoms. The van der Waals surface area contributed by atoms with E-state index in [-0.39, 0.29) is 30.3 Å². The number of aryl methyl sites for hydroxylation is 1. The van der Waals surface area contributed by atoms with Gasteiger partial charge >= 0.3 is 6.03 Å². The van der Waals surface area contributed by atoms with Crippen molar-refractivity contribution in [1.82, 2.24) is 25.1 Å². The van der Waals surface area contributed by atoms with E-state index in [0.717, 1.165) is 24.8 Å². The highest BCUT2D eigenvalue weighted by molar-refractivity contribution is 5.91. The van der Waals surface area contributed by atoms with Crippen molar-refractivity contribution in [3.8, 4) is 0 Å². The second-order valence-corrected chi connectivity index (χ2v) is 10.0. The van der Waals surface area contributed by atoms with Gasteiger partial charge in [0.25, 0.3) is 0 Å². The number of carbonyl (C=O) groups is 3. The number of nitrogens with zero attached hydrogens (tertiary/aromatic N) is 4. The van der Waals surface area contributed by atoms with Crippen LogP contribution >= 0.6 is 0 Å². The van der Waals surface area contributed by atoms with Crippen LogP contribution in [0.2, 0.25) is 0 Å². The molecule has 1 N–H and O–H groups in total. The van der Waals surface area contributed by atoms with Crippen LogP contribution in [0.15, 0.2) is 60.7 Å². The van der Waals surface area contributed by atoms with E-state index in [1.807, 2.05) is 67.3 Å². The van der Waals surface area contributed by atoms with Gasteiger partial charge in [-0.15, -0.1) is 0 Å². The maximum Gasteiger partial charge on any atom is 0.334 e. The predicted octanol–water partition coefficient (Wildman–Crippen LogP) is 3.10. The van der Waals surface area contributed by atoms with Crippen LogP contribution in [0.3, 0.4) is 0 Å². The topological polar surface area (TPSA) is 76.2 Å². The van der Waals surface area contributed by atoms with E-state index >= 15 is 0 Å². The molecule has 0 unspecified atom stereocenters. The minimum Gasteiger partial charge on any atom is -0.337 e. The summed E-state index contributed by atoms with van der Waals surface area (Å²) >= 11 is 0. The first-order valence-corrected chi connectivity index (χ1v) is 12.8. The fraction of sp³-hybridized carbons (Fsp3) is 0.464. The van der Waals surface area contributed by atoms with Crippen molar-refractivity contribution < 1.29 is 14.4 Å². The molecule has 0 aliphatic carbocycles. The number of benzene rings is 2. The molecule has 2 aromatic rings. The van der Waals surface area contributed by atoms with Crippen LogP contribution in [0.5, 0.6) is 0 Å². The predicted molar refractivity (Wildman–Crippen MR) is 138 cm³/mol. The Morgan fingerprint density at radius 1 is 0.972 bits per heavy atom. The van der Waals surface area contributed by atoms with E-state index in [4.69, 9.17) is 0 Å². The van der Waals surface area contributed by atoms with Gasteiger partial charge in [-0.3, -0.25) is 9.59 Å². The van der Waals surface area contributed by atoms with Gasteiger partial charge in [-0.2, -0.15) is 0 Å². The lowest BCUT2D eigenvalue weighted by Crippen LogP contribution is -2.76. The highest BCUT2D eigenvalue weighted by Gasteiger charge is 2.51. The number of nitrogens with one attached hydrogen (secondary N) is 1. The van der Waals surface area contributed by atoms with Crippen LogP contribution in [0, 0.1) is 5.92 Å². The zero-order chi connectivity index (χ0) is 25.7. The van der Waals surface area contributed by atoms with Gasteiger partial charge in [-0.25, -0.2) is 14.8 Å². The molecule has 0 radical (unpaired) electrons. The van der Waals surface area contributed by atoms with Gasteiger partial charge in [-0.05, 0) is 36.3 Å². The number of rotatable bonds is 8. The average Bonchev–Trinajstić information content (AvgIpc) is 2.87. The van der Waals surface area contributed by atoms with Crippen LogP contribution in [0.25, 0.3) is 0 Å². The molecule has 2 atom stereocenters. The minimum atomic E-state index is -0.580. The third-order valence-corrected chi connectivity index (χ3v) is 6.98. The summed E-state index contributed by atoms with van der Waals surface area (Å²) < 4.78 is 0. The summed E-state index contributed by atoms with van der Waals surface area (Å²) in [6.07, 6.45) is 2.25. The lowest BCUT2D eigenvalue weighted by molar-refractivity contribution is -0.189. The molecule has 4 amide bonds. The van der Waals surface area contributed by atoms with Gasteiger partial charge in [0.2, 0.25) is 11.8 Å². The second-order valence-electron chi connectivity index (χ2n) is 10.0. The molecule has 192 valence electrons. The van der Waals surface area contributed by atoms with Crippen molar-refractivity contribution in [2.75, 3.05) is 26.7 Å². The Morgan fingerprint density at radius 3 is 2.25 bits per heavy atom. The number of urea groups is 1. The van der Waals surface area contributed by atoms with Gasteiger partial charge in [0.15, 0.2) is 0 Å². The molecule has 36 heavy (non-hydrogen) atoms. The van der Waals surface area contributed by atoms with Crippen LogP contribution in [0.1, 0.15) is 37.8 Å². The number of likely N-dealkylation sites (N-methyl/N-ethyl adjacent to an activating group) is 1. The number of hydrogen-bond acceptors (Lipinski definition) is 4. The van der Waals surface area contributed by atoms with Crippen LogP contribution in [0.4, 0.5) is 4.79 Å². The number of hydrazine groups is 1. The number of piperazine rings is 1. The average molecular weight is 492 g/mol. The van der Waals surface area contributed by atoms with E-state index < -0.39 is 12.2 Å². The highest BCUT2D eigenvalue weighted by Crippen LogP contribution is 2.29. The molecule has 2 aliphatic rings. The molecule has 0 bridgehead atoms. The third kappa shape index (κ3) is 5.70. The lowest BCUT2D eigenvalue weighted by Gasteiger charge is -2.55. The summed E-state index contributed by atoms with van der Waals surface area (Å²) in [6, 6.07) is 19.2. The molecule has 0 aromatic heterocycles. The normalized spacial score (nSPS) is 20.6. The summed E-state index contributed by atoms with van der Waals surface area (Å²) in [5.74, 6) is -0.206. The van der Waals surface area contributed by atoms with E-state index in [1.54, 1.807) is 22.0 Å². The van der Waals surface area contributed by atoms with E-state index in [2.05, 4.69) is 17.4 Å². The van der Waals surface area contributed by atoms with Crippen molar-refractivity contribution in [2.24, 2.45) is 5.92 Å². The monoisotopic (exact) mass is 491 g/mol. The standard InChI is InChI=1S/C28H37N5O3/c1-21(2)26-27(35)31(17-11-10-14-22-12-6-4-7-13-22)19-24-32(26)25(34)20-30(3)33(24)28(36)29-18-23-15-8-5-9-16-23/h4-9,12-13,15-16,21,24,26H,10-11,14,17-20H2,1-3H3,(H,29,36)/t24-,26-/m0/s1. The molecule has 8 nitrogen and oxygen atoms in total. The summed E-state index contributed by atoms with van der Waals surface area (Å²) in [5, 5.41) is 6.28. The van der Waals surface area contributed by atoms with Gasteiger partial charge in [0, 0.05) is 20.1 Å². The maximum absolute atomic E-state index is 13.5. The van der Waals surface area contributed by atoms with Crippen molar-refractivity contribution in [3.63, 3.8) is 0 Å². The second kappa shape index (κ2) is 11.6. The molecular weight excluding hydrogens is 454 g/mol. The first-order valence-electron chi connectivity index (χ1n) is 12.8. The SMILES string of the molecule is CC(C)[C@H]1C(=O)N(CCCCc2ccccc2)C[C@H]2N1C(=O)CN(C)N2C(=O)NCc1ccccc1. The first kappa shape index (κ1) is 25.7. The van der Waals surface area contributed by atoms with Gasteiger partial charge in [0.1, 0.15) is 12.2 Å². The van der Waals surface area contributed by atoms with Crippen LogP contribution in [-0.4, -0.2) is 76.6 Å². The van der Waals surface area contributed by atoms with E-state index in [0.29, 0.717) is 19.6 Å². The maximum atomic E-state index is 13.5. The van der Waals surface area contributed by atoms with Gasteiger partial charge in [-0.1, -0.05) is 74.5 Å². The molecule has 8 heteroatoms. The van der Waals surface area contributed by atoms with Crippen molar-refractivity contribution in [2.45, 2.75) is 51.9 Å². The molecule has 2 saturated heterocycles. The van der Waals surface area contributed by atoms with Crippen molar-refractivity contribution in [3.05, 3.63) is 71.8 Å². The zero-order valence-corrected chi connectivity index (χ0v) is 21.5. The molecule has 2 aromatic carbocycles. The minimum absolute atomic E-state index is 0.0245. The summed E-state index contributed by atoms with van der Waals surface area (Å²) in [4.78, 5) is 43.5. The Morgan fingerprint density at radius 2 is 1.61 bits per heavy atom. The molecule has 2 aliphatic heterocycles. The number of hydrogen-bond donors (Lipinski definition) is 1. The van der Waals surface area contributed by atoms with Gasteiger partial charge in [0.05, 0.1) is 13.1 Å². The molecule has 4 rings (SSSR count). The quantitative estimate of drug-likeness (QED) is 0.576. The summed E-state index contributed by atoms with van der Waals surface area (Å²) in [7, 11) is 1.75. The Kier molecular flexibility index (Phi) is 8.25. The number of carbonyl (C=O) groups excluding carboxylic acids is 3. The van der Waals surface area contributed by atoms with Crippen molar-refractivity contribution in [1.29, 1.82) is 0 Å². The largest absolute Gasteiger partial charge is 0.337 e. The zero-order valence-electron chi connectivity index (χ0n) is 21.5. The van der Waals surface area contributed by atoms with Crippen LogP contribution < -0.4 is 5.32 Å². The molecule has 2 fully saturated rings. The van der Waals surface area contributed by atoms with Gasteiger partial charge < -0.3 is 15.1 Å². The molecule has 2 heterocycles. The van der Waals surface area contributed by atoms with Crippen LogP contribution in [-0.2, 0) is 22.6 Å². The Bertz CT molecular complexity index is 1050. The number of fused-ring (bicyclic) bond motifs is 1. The summed E-state index contributed by atoms with van der Waals surface area (Å²) in [6.45, 7) is 5.29. The fourth-order valence-electron chi connectivity index (χ4n) is 5.19. The molecular formula is C28H37N5O3. The van der Waals surface area contributed by atoms with E-state index in [1.165, 1.54) is 5.56 Å². The summed E-state index contributed by atoms with van der Waals surface area (Å²) in [5.41, 5.74) is 2.28. The first-order chi connectivity index (χ1) is 17.4. The highest BCUT2D eigenvalue weighted by atomic mass is 16.2. The molecule has 0 saturated carbocycles. The third-order valence-electron chi connectivity index (χ3n) is 6.98. The lowest BCUT2D eigenvalue weighted by atomic mass is 9.96.